The molecule has 146 valence electrons. The summed E-state index contributed by atoms with van der Waals surface area (Å²) in [6, 6.07) is 1.60. The van der Waals surface area contributed by atoms with Crippen molar-refractivity contribution in [1.29, 1.82) is 0 Å². The van der Waals surface area contributed by atoms with Gasteiger partial charge in [0.1, 0.15) is 12.1 Å². The molecule has 3 heterocycles. The van der Waals surface area contributed by atoms with Gasteiger partial charge in [-0.15, -0.1) is 24.8 Å². The summed E-state index contributed by atoms with van der Waals surface area (Å²) in [7, 11) is 0. The quantitative estimate of drug-likeness (QED) is 0.826. The smallest absolute Gasteiger partial charge is 0.254 e. The minimum Gasteiger partial charge on any atom is -0.353 e. The lowest BCUT2D eigenvalue weighted by molar-refractivity contribution is -0.133. The molecule has 1 atom stereocenters. The summed E-state index contributed by atoms with van der Waals surface area (Å²) in [6.45, 7) is 8.95. The second-order valence-electron chi connectivity index (χ2n) is 6.78. The molecule has 0 aromatic carbocycles. The van der Waals surface area contributed by atoms with Crippen LogP contribution in [-0.2, 0) is 4.79 Å². The molecule has 1 amide bonds. The summed E-state index contributed by atoms with van der Waals surface area (Å²) in [5.41, 5.74) is 6.95. The van der Waals surface area contributed by atoms with E-state index < -0.39 is 6.04 Å². The van der Waals surface area contributed by atoms with E-state index >= 15 is 0 Å². The number of halogens is 2. The lowest BCUT2D eigenvalue weighted by Crippen LogP contribution is -2.53. The second-order valence-corrected chi connectivity index (χ2v) is 6.78. The third-order valence-corrected chi connectivity index (χ3v) is 4.32. The SMILES string of the molecule is Cc1cc(N2CCN(C(=O)[C@@H](N)CC(C)C)CC2)n2ncnc2n1.Cl.Cl. The van der Waals surface area contributed by atoms with Crippen molar-refractivity contribution < 1.29 is 4.79 Å². The molecule has 0 aliphatic carbocycles. The minimum absolute atomic E-state index is 0. The molecule has 2 aromatic heterocycles. The number of nitrogens with zero attached hydrogens (tertiary/aromatic N) is 6. The van der Waals surface area contributed by atoms with Crippen LogP contribution in [-0.4, -0.2) is 62.6 Å². The van der Waals surface area contributed by atoms with Gasteiger partial charge in [0.2, 0.25) is 5.91 Å². The molecule has 2 aromatic rings. The maximum atomic E-state index is 12.4. The van der Waals surface area contributed by atoms with Crippen LogP contribution in [0.4, 0.5) is 5.82 Å². The first-order valence-corrected chi connectivity index (χ1v) is 8.42. The highest BCUT2D eigenvalue weighted by atomic mass is 35.5. The van der Waals surface area contributed by atoms with E-state index in [0.717, 1.165) is 31.0 Å². The van der Waals surface area contributed by atoms with E-state index in [1.54, 1.807) is 4.52 Å². The van der Waals surface area contributed by atoms with Crippen molar-refractivity contribution >= 4 is 42.3 Å². The number of hydrogen-bond donors (Lipinski definition) is 1. The van der Waals surface area contributed by atoms with Crippen LogP contribution in [0.1, 0.15) is 26.0 Å². The molecular weight excluding hydrogens is 377 g/mol. The van der Waals surface area contributed by atoms with Crippen LogP contribution in [0.2, 0.25) is 0 Å². The van der Waals surface area contributed by atoms with Crippen molar-refractivity contribution in [2.75, 3.05) is 31.1 Å². The summed E-state index contributed by atoms with van der Waals surface area (Å²) in [5.74, 6) is 2.04. The highest BCUT2D eigenvalue weighted by molar-refractivity contribution is 5.85. The molecule has 0 spiro atoms. The fraction of sp³-hybridized carbons (Fsp3) is 0.625. The summed E-state index contributed by atoms with van der Waals surface area (Å²) in [5, 5.41) is 4.25. The van der Waals surface area contributed by atoms with E-state index in [1.807, 2.05) is 17.9 Å². The molecule has 10 heteroatoms. The van der Waals surface area contributed by atoms with Crippen molar-refractivity contribution in [2.24, 2.45) is 11.7 Å². The number of aromatic nitrogens is 4. The number of piperazine rings is 1. The van der Waals surface area contributed by atoms with Gasteiger partial charge in [0.15, 0.2) is 0 Å². The van der Waals surface area contributed by atoms with Crippen LogP contribution < -0.4 is 10.6 Å². The molecule has 3 rings (SSSR count). The molecule has 8 nitrogen and oxygen atoms in total. The largest absolute Gasteiger partial charge is 0.353 e. The normalized spacial score (nSPS) is 15.6. The van der Waals surface area contributed by atoms with Gasteiger partial charge in [-0.1, -0.05) is 13.8 Å². The number of aryl methyl sites for hydroxylation is 1. The molecule has 0 bridgehead atoms. The molecule has 26 heavy (non-hydrogen) atoms. The molecule has 1 aliphatic heterocycles. The fourth-order valence-corrected chi connectivity index (χ4v) is 3.14. The van der Waals surface area contributed by atoms with Gasteiger partial charge in [0.05, 0.1) is 6.04 Å². The van der Waals surface area contributed by atoms with E-state index in [-0.39, 0.29) is 30.7 Å². The zero-order valence-corrected chi connectivity index (χ0v) is 17.0. The Kier molecular flexibility index (Phi) is 8.05. The van der Waals surface area contributed by atoms with Gasteiger partial charge in [-0.25, -0.2) is 4.98 Å². The fourth-order valence-electron chi connectivity index (χ4n) is 3.14. The predicted molar refractivity (Wildman–Crippen MR) is 106 cm³/mol. The van der Waals surface area contributed by atoms with Gasteiger partial charge < -0.3 is 15.5 Å². The monoisotopic (exact) mass is 403 g/mol. The van der Waals surface area contributed by atoms with Crippen molar-refractivity contribution in [3.8, 4) is 0 Å². The van der Waals surface area contributed by atoms with Crippen LogP contribution in [0, 0.1) is 12.8 Å². The topological polar surface area (TPSA) is 92.7 Å². The zero-order chi connectivity index (χ0) is 17.3. The van der Waals surface area contributed by atoms with Crippen LogP contribution >= 0.6 is 24.8 Å². The Morgan fingerprint density at radius 2 is 1.88 bits per heavy atom. The maximum absolute atomic E-state index is 12.4. The predicted octanol–water partition coefficient (Wildman–Crippen LogP) is 1.30. The number of carbonyl (C=O) groups is 1. The molecule has 0 unspecified atom stereocenters. The van der Waals surface area contributed by atoms with Crippen LogP contribution in [0.5, 0.6) is 0 Å². The van der Waals surface area contributed by atoms with E-state index in [1.165, 1.54) is 6.33 Å². The lowest BCUT2D eigenvalue weighted by atomic mass is 10.0. The Labute approximate surface area is 166 Å². The van der Waals surface area contributed by atoms with Crippen molar-refractivity contribution in [1.82, 2.24) is 24.5 Å². The lowest BCUT2D eigenvalue weighted by Gasteiger charge is -2.37. The molecule has 0 radical (unpaired) electrons. The third kappa shape index (κ3) is 4.75. The zero-order valence-electron chi connectivity index (χ0n) is 15.3. The number of rotatable bonds is 4. The average molecular weight is 404 g/mol. The number of fused-ring (bicyclic) bond motifs is 1. The van der Waals surface area contributed by atoms with E-state index in [2.05, 4.69) is 33.8 Å². The Balaban J connectivity index is 0.00000169. The van der Waals surface area contributed by atoms with Gasteiger partial charge in [0.25, 0.3) is 5.78 Å². The Hall–Kier alpha value is -1.64. The number of carbonyl (C=O) groups excluding carboxylic acids is 1. The Morgan fingerprint density at radius 1 is 1.23 bits per heavy atom. The minimum atomic E-state index is -0.401. The van der Waals surface area contributed by atoms with Crippen molar-refractivity contribution in [2.45, 2.75) is 33.2 Å². The van der Waals surface area contributed by atoms with Crippen molar-refractivity contribution in [3.63, 3.8) is 0 Å². The van der Waals surface area contributed by atoms with Crippen LogP contribution in [0.15, 0.2) is 12.4 Å². The maximum Gasteiger partial charge on any atom is 0.254 e. The van der Waals surface area contributed by atoms with Gasteiger partial charge in [0, 0.05) is 37.9 Å². The molecule has 1 saturated heterocycles. The number of nitrogens with two attached hydrogens (primary N) is 1. The number of hydrogen-bond acceptors (Lipinski definition) is 6. The molecule has 2 N–H and O–H groups in total. The first kappa shape index (κ1) is 22.4. The van der Waals surface area contributed by atoms with E-state index in [4.69, 9.17) is 5.73 Å². The van der Waals surface area contributed by atoms with Gasteiger partial charge in [-0.05, 0) is 19.3 Å². The van der Waals surface area contributed by atoms with Crippen LogP contribution in [0.25, 0.3) is 5.78 Å². The number of anilines is 1. The Morgan fingerprint density at radius 3 is 2.50 bits per heavy atom. The standard InChI is InChI=1S/C16H25N7O.2ClH/c1-11(2)8-13(17)15(24)22-6-4-21(5-7-22)14-9-12(3)20-16-18-10-19-23(14)16;;/h9-11,13H,4-8,17H2,1-3H3;2*1H/t13-;;/m0../s1. The second kappa shape index (κ2) is 9.34. The van der Waals surface area contributed by atoms with Crippen molar-refractivity contribution in [3.05, 3.63) is 18.1 Å². The van der Waals surface area contributed by atoms with Gasteiger partial charge in [-0.3, -0.25) is 4.79 Å². The summed E-state index contributed by atoms with van der Waals surface area (Å²) in [4.78, 5) is 25.1. The first-order valence-electron chi connectivity index (χ1n) is 8.42. The Bertz CT molecular complexity index is 728. The highest BCUT2D eigenvalue weighted by Gasteiger charge is 2.26. The number of amides is 1. The average Bonchev–Trinajstić information content (AvgIpc) is 3.01. The summed E-state index contributed by atoms with van der Waals surface area (Å²) < 4.78 is 1.75. The van der Waals surface area contributed by atoms with E-state index in [9.17, 15) is 4.79 Å². The molecule has 1 fully saturated rings. The van der Waals surface area contributed by atoms with Gasteiger partial charge in [-0.2, -0.15) is 14.6 Å². The molecular formula is C16H27Cl2N7O. The van der Waals surface area contributed by atoms with Crippen LogP contribution in [0.3, 0.4) is 0 Å². The van der Waals surface area contributed by atoms with Gasteiger partial charge >= 0.3 is 0 Å². The highest BCUT2D eigenvalue weighted by Crippen LogP contribution is 2.18. The van der Waals surface area contributed by atoms with E-state index in [0.29, 0.717) is 24.8 Å². The third-order valence-electron chi connectivity index (χ3n) is 4.32. The summed E-state index contributed by atoms with van der Waals surface area (Å²) in [6.07, 6.45) is 2.23. The molecule has 0 saturated carbocycles. The summed E-state index contributed by atoms with van der Waals surface area (Å²) >= 11 is 0. The molecule has 1 aliphatic rings. The first-order chi connectivity index (χ1) is 11.5.